The average Bonchev–Trinajstić information content (AvgIpc) is 2.30. The van der Waals surface area contributed by atoms with Gasteiger partial charge < -0.3 is 10.6 Å². The quantitative estimate of drug-likeness (QED) is 0.701. The van der Waals surface area contributed by atoms with Gasteiger partial charge >= 0.3 is 0 Å². The van der Waals surface area contributed by atoms with Gasteiger partial charge in [-0.25, -0.2) is 0 Å². The molecule has 0 aliphatic heterocycles. The van der Waals surface area contributed by atoms with E-state index < -0.39 is 0 Å². The van der Waals surface area contributed by atoms with Crippen LogP contribution >= 0.6 is 0 Å². The summed E-state index contributed by atoms with van der Waals surface area (Å²) in [7, 11) is 0. The topological polar surface area (TPSA) is 46.3 Å². The third-order valence-corrected chi connectivity index (χ3v) is 3.26. The molecule has 0 saturated heterocycles. The van der Waals surface area contributed by atoms with Crippen LogP contribution in [0.15, 0.2) is 12.7 Å². The molecule has 1 rings (SSSR count). The molecule has 1 aliphatic carbocycles. The lowest BCUT2D eigenvalue weighted by Crippen LogP contribution is -2.37. The van der Waals surface area contributed by atoms with Gasteiger partial charge in [-0.2, -0.15) is 0 Å². The average molecular weight is 224 g/mol. The van der Waals surface area contributed by atoms with Crippen molar-refractivity contribution in [2.45, 2.75) is 38.5 Å². The van der Waals surface area contributed by atoms with Crippen LogP contribution in [0.25, 0.3) is 0 Å². The second-order valence-corrected chi connectivity index (χ2v) is 4.63. The van der Waals surface area contributed by atoms with E-state index in [0.29, 0.717) is 25.4 Å². The molecule has 0 heterocycles. The minimum absolute atomic E-state index is 0.174. The number of rotatable bonds is 6. The minimum Gasteiger partial charge on any atom is -0.339 e. The molecule has 0 aromatic carbocycles. The molecule has 1 amide bonds. The lowest BCUT2D eigenvalue weighted by atomic mass is 9.89. The van der Waals surface area contributed by atoms with Gasteiger partial charge in [0.1, 0.15) is 0 Å². The molecule has 1 fully saturated rings. The van der Waals surface area contributed by atoms with Crippen LogP contribution in [0, 0.1) is 5.92 Å². The predicted octanol–water partition coefficient (Wildman–Crippen LogP) is 1.93. The van der Waals surface area contributed by atoms with E-state index in [1.165, 1.54) is 32.1 Å². The Morgan fingerprint density at radius 1 is 1.38 bits per heavy atom. The van der Waals surface area contributed by atoms with Gasteiger partial charge in [-0.05, 0) is 18.8 Å². The molecule has 3 nitrogen and oxygen atoms in total. The van der Waals surface area contributed by atoms with Crippen molar-refractivity contribution in [2.75, 3.05) is 19.6 Å². The molecule has 1 aliphatic rings. The molecular formula is C13H24N2O. The highest BCUT2D eigenvalue weighted by molar-refractivity contribution is 5.76. The summed E-state index contributed by atoms with van der Waals surface area (Å²) in [4.78, 5) is 13.7. The Hall–Kier alpha value is -0.830. The van der Waals surface area contributed by atoms with Gasteiger partial charge in [-0.15, -0.1) is 6.58 Å². The number of hydrogen-bond donors (Lipinski definition) is 1. The molecule has 0 atom stereocenters. The van der Waals surface area contributed by atoms with Crippen molar-refractivity contribution in [1.29, 1.82) is 0 Å². The third-order valence-electron chi connectivity index (χ3n) is 3.26. The molecular weight excluding hydrogens is 200 g/mol. The van der Waals surface area contributed by atoms with Crippen molar-refractivity contribution >= 4 is 5.91 Å². The van der Waals surface area contributed by atoms with E-state index >= 15 is 0 Å². The number of nitrogens with zero attached hydrogens (tertiary/aromatic N) is 1. The maximum absolute atomic E-state index is 11.8. The van der Waals surface area contributed by atoms with E-state index in [1.54, 1.807) is 6.08 Å². The number of carbonyl (C=O) groups excluding carboxylic acids is 1. The summed E-state index contributed by atoms with van der Waals surface area (Å²) in [6, 6.07) is 0. The first kappa shape index (κ1) is 13.2. The first-order valence-electron chi connectivity index (χ1n) is 6.36. The van der Waals surface area contributed by atoms with Gasteiger partial charge in [-0.1, -0.05) is 25.3 Å². The minimum atomic E-state index is 0.174. The van der Waals surface area contributed by atoms with E-state index in [2.05, 4.69) is 6.58 Å². The van der Waals surface area contributed by atoms with Crippen LogP contribution in [-0.4, -0.2) is 30.4 Å². The summed E-state index contributed by atoms with van der Waals surface area (Å²) in [5.41, 5.74) is 5.42. The van der Waals surface area contributed by atoms with Crippen molar-refractivity contribution in [3.8, 4) is 0 Å². The molecule has 0 bridgehead atoms. The summed E-state index contributed by atoms with van der Waals surface area (Å²) in [6.45, 7) is 5.71. The summed E-state index contributed by atoms with van der Waals surface area (Å²) in [5.74, 6) is 0.864. The van der Waals surface area contributed by atoms with Gasteiger partial charge in [0.2, 0.25) is 5.91 Å². The summed E-state index contributed by atoms with van der Waals surface area (Å²) in [5, 5.41) is 0. The molecule has 2 N–H and O–H groups in total. The van der Waals surface area contributed by atoms with Crippen LogP contribution in [0.1, 0.15) is 38.5 Å². The van der Waals surface area contributed by atoms with Crippen molar-refractivity contribution < 1.29 is 4.79 Å². The van der Waals surface area contributed by atoms with Crippen molar-refractivity contribution in [2.24, 2.45) is 11.7 Å². The van der Waals surface area contributed by atoms with Crippen LogP contribution in [0.3, 0.4) is 0 Å². The summed E-state index contributed by atoms with van der Waals surface area (Å²) < 4.78 is 0. The zero-order chi connectivity index (χ0) is 11.8. The highest BCUT2D eigenvalue weighted by atomic mass is 16.2. The van der Waals surface area contributed by atoms with Crippen LogP contribution in [-0.2, 0) is 4.79 Å². The number of amides is 1. The largest absolute Gasteiger partial charge is 0.339 e. The van der Waals surface area contributed by atoms with Gasteiger partial charge in [0.05, 0.1) is 0 Å². The molecule has 16 heavy (non-hydrogen) atoms. The molecule has 92 valence electrons. The SMILES string of the molecule is C=CCN(CC1CCCCC1)C(=O)CCN. The highest BCUT2D eigenvalue weighted by Crippen LogP contribution is 2.24. The Balaban J connectivity index is 2.42. The maximum Gasteiger partial charge on any atom is 0.224 e. The van der Waals surface area contributed by atoms with Crippen molar-refractivity contribution in [3.05, 3.63) is 12.7 Å². The second kappa shape index (κ2) is 7.44. The van der Waals surface area contributed by atoms with Crippen molar-refractivity contribution in [3.63, 3.8) is 0 Å². The Morgan fingerprint density at radius 2 is 2.06 bits per heavy atom. The molecule has 0 aromatic rings. The fraction of sp³-hybridized carbons (Fsp3) is 0.769. The number of carbonyl (C=O) groups is 1. The Kier molecular flexibility index (Phi) is 6.16. The van der Waals surface area contributed by atoms with E-state index in [1.807, 2.05) is 4.90 Å². The Bertz CT molecular complexity index is 222. The van der Waals surface area contributed by atoms with Crippen LogP contribution < -0.4 is 5.73 Å². The molecule has 0 spiro atoms. The molecule has 1 saturated carbocycles. The lowest BCUT2D eigenvalue weighted by Gasteiger charge is -2.29. The predicted molar refractivity (Wildman–Crippen MR) is 67.0 cm³/mol. The highest BCUT2D eigenvalue weighted by Gasteiger charge is 2.19. The van der Waals surface area contributed by atoms with Gasteiger partial charge in [0, 0.05) is 26.1 Å². The fourth-order valence-corrected chi connectivity index (χ4v) is 2.40. The Morgan fingerprint density at radius 3 is 2.62 bits per heavy atom. The standard InChI is InChI=1S/C13H24N2O/c1-2-10-15(13(16)8-9-14)11-12-6-4-3-5-7-12/h2,12H,1,3-11,14H2. The first-order chi connectivity index (χ1) is 7.77. The first-order valence-corrected chi connectivity index (χ1v) is 6.36. The normalized spacial score (nSPS) is 17.1. The molecule has 3 heteroatoms. The zero-order valence-corrected chi connectivity index (χ0v) is 10.2. The van der Waals surface area contributed by atoms with E-state index in [4.69, 9.17) is 5.73 Å². The van der Waals surface area contributed by atoms with Gasteiger partial charge in [-0.3, -0.25) is 4.79 Å². The van der Waals surface area contributed by atoms with Gasteiger partial charge in [0.25, 0.3) is 0 Å². The van der Waals surface area contributed by atoms with Crippen molar-refractivity contribution in [1.82, 2.24) is 4.90 Å². The monoisotopic (exact) mass is 224 g/mol. The summed E-state index contributed by atoms with van der Waals surface area (Å²) >= 11 is 0. The molecule has 0 aromatic heterocycles. The van der Waals surface area contributed by atoms with Gasteiger partial charge in [0.15, 0.2) is 0 Å². The fourth-order valence-electron chi connectivity index (χ4n) is 2.40. The zero-order valence-electron chi connectivity index (χ0n) is 10.2. The Labute approximate surface area is 98.7 Å². The smallest absolute Gasteiger partial charge is 0.224 e. The van der Waals surface area contributed by atoms with Crippen LogP contribution in [0.4, 0.5) is 0 Å². The van der Waals surface area contributed by atoms with E-state index in [0.717, 1.165) is 6.54 Å². The maximum atomic E-state index is 11.8. The molecule has 0 radical (unpaired) electrons. The van der Waals surface area contributed by atoms with Crippen LogP contribution in [0.5, 0.6) is 0 Å². The molecule has 0 unspecified atom stereocenters. The second-order valence-electron chi connectivity index (χ2n) is 4.63. The number of nitrogens with two attached hydrogens (primary N) is 1. The van der Waals surface area contributed by atoms with E-state index in [-0.39, 0.29) is 5.91 Å². The number of hydrogen-bond acceptors (Lipinski definition) is 2. The van der Waals surface area contributed by atoms with E-state index in [9.17, 15) is 4.79 Å². The third kappa shape index (κ3) is 4.35. The summed E-state index contributed by atoms with van der Waals surface area (Å²) in [6.07, 6.45) is 8.79. The van der Waals surface area contributed by atoms with Crippen LogP contribution in [0.2, 0.25) is 0 Å². The lowest BCUT2D eigenvalue weighted by molar-refractivity contribution is -0.131.